The second kappa shape index (κ2) is 8.71. The molecule has 0 amide bonds. The highest BCUT2D eigenvalue weighted by Gasteiger charge is 2.25. The summed E-state index contributed by atoms with van der Waals surface area (Å²) in [6, 6.07) is 24.8. The van der Waals surface area contributed by atoms with Gasteiger partial charge in [0.05, 0.1) is 29.4 Å². The van der Waals surface area contributed by atoms with Crippen LogP contribution >= 0.6 is 0 Å². The molecular weight excluding hydrogens is 422 g/mol. The summed E-state index contributed by atoms with van der Waals surface area (Å²) in [5.74, 6) is 1.57. The maximum atomic E-state index is 6.42. The summed E-state index contributed by atoms with van der Waals surface area (Å²) >= 11 is 0. The first kappa shape index (κ1) is 20.5. The van der Waals surface area contributed by atoms with Crippen molar-refractivity contribution in [3.63, 3.8) is 0 Å². The van der Waals surface area contributed by atoms with Crippen LogP contribution in [0.3, 0.4) is 0 Å². The predicted octanol–water partition coefficient (Wildman–Crippen LogP) is 6.08. The summed E-state index contributed by atoms with van der Waals surface area (Å²) in [6.07, 6.45) is 6.01. The Morgan fingerprint density at radius 3 is 2.29 bits per heavy atom. The summed E-state index contributed by atoms with van der Waals surface area (Å²) in [4.78, 5) is 16.0. The number of anilines is 4. The van der Waals surface area contributed by atoms with Gasteiger partial charge in [0.2, 0.25) is 0 Å². The Balaban J connectivity index is 1.37. The molecule has 6 rings (SSSR count). The normalized spacial score (nSPS) is 15.0. The van der Waals surface area contributed by atoms with Crippen LogP contribution in [0.5, 0.6) is 11.5 Å². The zero-order chi connectivity index (χ0) is 22.9. The standard InChI is InChI=1S/C28H27N5O/c1-31-20-33(28-10-3-2-9-27(28)31)22-16-21(32-14-6-7-15-32)17-24(18-22)34-23-11-13-30-26(19-23)25-8-4-5-12-29-25/h2-5,8-13,16-19H,6-7,14-15,20H2,1H3. The fraction of sp³-hybridized carbons (Fsp3) is 0.214. The maximum Gasteiger partial charge on any atom is 0.131 e. The fourth-order valence-electron chi connectivity index (χ4n) is 4.81. The number of benzene rings is 2. The smallest absolute Gasteiger partial charge is 0.131 e. The van der Waals surface area contributed by atoms with Gasteiger partial charge < -0.3 is 19.4 Å². The average Bonchev–Trinajstić information content (AvgIpc) is 3.54. The Morgan fingerprint density at radius 1 is 0.706 bits per heavy atom. The zero-order valence-corrected chi connectivity index (χ0v) is 19.3. The van der Waals surface area contributed by atoms with E-state index < -0.39 is 0 Å². The van der Waals surface area contributed by atoms with E-state index in [1.807, 2.05) is 30.3 Å². The molecule has 0 radical (unpaired) electrons. The van der Waals surface area contributed by atoms with Crippen molar-refractivity contribution < 1.29 is 4.74 Å². The van der Waals surface area contributed by atoms with Crippen LogP contribution in [0.2, 0.25) is 0 Å². The van der Waals surface area contributed by atoms with Gasteiger partial charge in [-0.3, -0.25) is 9.97 Å². The number of rotatable bonds is 5. The van der Waals surface area contributed by atoms with Crippen LogP contribution in [-0.2, 0) is 0 Å². The zero-order valence-electron chi connectivity index (χ0n) is 19.3. The molecule has 0 atom stereocenters. The minimum atomic E-state index is 0.749. The lowest BCUT2D eigenvalue weighted by atomic mass is 10.2. The molecule has 34 heavy (non-hydrogen) atoms. The van der Waals surface area contributed by atoms with Gasteiger partial charge in [0.25, 0.3) is 0 Å². The Kier molecular flexibility index (Phi) is 5.26. The second-order valence-corrected chi connectivity index (χ2v) is 8.83. The number of aromatic nitrogens is 2. The van der Waals surface area contributed by atoms with Crippen molar-refractivity contribution in [2.24, 2.45) is 0 Å². The van der Waals surface area contributed by atoms with Crippen molar-refractivity contribution in [1.82, 2.24) is 9.97 Å². The van der Waals surface area contributed by atoms with Gasteiger partial charge in [-0.15, -0.1) is 0 Å². The van der Waals surface area contributed by atoms with Gasteiger partial charge in [0.1, 0.15) is 11.5 Å². The molecule has 6 heteroatoms. The Morgan fingerprint density at radius 2 is 1.47 bits per heavy atom. The molecule has 0 aliphatic carbocycles. The van der Waals surface area contributed by atoms with Crippen molar-refractivity contribution in [2.75, 3.05) is 41.5 Å². The van der Waals surface area contributed by atoms with E-state index in [1.165, 1.54) is 29.9 Å². The molecule has 170 valence electrons. The van der Waals surface area contributed by atoms with E-state index in [1.54, 1.807) is 12.4 Å². The summed E-state index contributed by atoms with van der Waals surface area (Å²) < 4.78 is 6.42. The number of hydrogen-bond acceptors (Lipinski definition) is 6. The molecule has 4 aromatic rings. The van der Waals surface area contributed by atoms with Crippen molar-refractivity contribution in [3.8, 4) is 22.9 Å². The van der Waals surface area contributed by atoms with Crippen LogP contribution < -0.4 is 19.4 Å². The van der Waals surface area contributed by atoms with Crippen molar-refractivity contribution in [3.05, 3.63) is 85.2 Å². The highest BCUT2D eigenvalue weighted by molar-refractivity contribution is 5.83. The lowest BCUT2D eigenvalue weighted by molar-refractivity contribution is 0.482. The minimum absolute atomic E-state index is 0.749. The van der Waals surface area contributed by atoms with Crippen molar-refractivity contribution in [2.45, 2.75) is 12.8 Å². The van der Waals surface area contributed by atoms with Gasteiger partial charge in [-0.2, -0.15) is 0 Å². The van der Waals surface area contributed by atoms with Crippen LogP contribution in [0.15, 0.2) is 85.2 Å². The summed E-state index contributed by atoms with van der Waals surface area (Å²) in [5.41, 5.74) is 6.42. The minimum Gasteiger partial charge on any atom is -0.457 e. The van der Waals surface area contributed by atoms with Crippen molar-refractivity contribution in [1.29, 1.82) is 0 Å². The molecular formula is C28H27N5O. The number of ether oxygens (including phenoxy) is 1. The highest BCUT2D eigenvalue weighted by atomic mass is 16.5. The van der Waals surface area contributed by atoms with Crippen LogP contribution in [0.25, 0.3) is 11.4 Å². The monoisotopic (exact) mass is 449 g/mol. The maximum absolute atomic E-state index is 6.42. The van der Waals surface area contributed by atoms with Gasteiger partial charge in [-0.05, 0) is 49.2 Å². The van der Waals surface area contributed by atoms with Crippen LogP contribution in [-0.4, -0.2) is 36.8 Å². The number of para-hydroxylation sites is 2. The van der Waals surface area contributed by atoms with E-state index in [2.05, 4.69) is 74.2 Å². The molecule has 0 saturated carbocycles. The molecule has 0 unspecified atom stereocenters. The van der Waals surface area contributed by atoms with Gasteiger partial charge in [-0.25, -0.2) is 0 Å². The molecule has 6 nitrogen and oxygen atoms in total. The van der Waals surface area contributed by atoms with E-state index in [9.17, 15) is 0 Å². The second-order valence-electron chi connectivity index (χ2n) is 8.83. The first-order valence-electron chi connectivity index (χ1n) is 11.8. The van der Waals surface area contributed by atoms with Gasteiger partial charge in [0.15, 0.2) is 0 Å². The van der Waals surface area contributed by atoms with Gasteiger partial charge >= 0.3 is 0 Å². The molecule has 1 fully saturated rings. The largest absolute Gasteiger partial charge is 0.457 e. The van der Waals surface area contributed by atoms with Crippen molar-refractivity contribution >= 4 is 22.7 Å². The Hall–Kier alpha value is -4.06. The SMILES string of the molecule is CN1CN(c2cc(Oc3ccnc(-c4ccccn4)c3)cc(N3CCCC3)c2)c2ccccc21. The van der Waals surface area contributed by atoms with E-state index in [0.29, 0.717) is 0 Å². The van der Waals surface area contributed by atoms with Crippen LogP contribution in [0, 0.1) is 0 Å². The molecule has 4 heterocycles. The predicted molar refractivity (Wildman–Crippen MR) is 137 cm³/mol. The van der Waals surface area contributed by atoms with E-state index in [-0.39, 0.29) is 0 Å². The molecule has 1 saturated heterocycles. The lowest BCUT2D eigenvalue weighted by Gasteiger charge is -2.24. The van der Waals surface area contributed by atoms with E-state index in [0.717, 1.165) is 48.3 Å². The van der Waals surface area contributed by atoms with Gasteiger partial charge in [0, 0.05) is 62.1 Å². The third-order valence-corrected chi connectivity index (χ3v) is 6.49. The van der Waals surface area contributed by atoms with E-state index in [4.69, 9.17) is 4.74 Å². The quantitative estimate of drug-likeness (QED) is 0.368. The third kappa shape index (κ3) is 3.92. The number of nitrogens with zero attached hydrogens (tertiary/aromatic N) is 5. The van der Waals surface area contributed by atoms with Gasteiger partial charge in [-0.1, -0.05) is 18.2 Å². The third-order valence-electron chi connectivity index (χ3n) is 6.49. The Labute approximate surface area is 200 Å². The number of fused-ring (bicyclic) bond motifs is 1. The Bertz CT molecular complexity index is 1300. The molecule has 2 aromatic carbocycles. The van der Waals surface area contributed by atoms with E-state index >= 15 is 0 Å². The fourth-order valence-corrected chi connectivity index (χ4v) is 4.81. The first-order valence-corrected chi connectivity index (χ1v) is 11.8. The molecule has 0 bridgehead atoms. The average molecular weight is 450 g/mol. The summed E-state index contributed by atoms with van der Waals surface area (Å²) in [5, 5.41) is 0. The van der Waals surface area contributed by atoms with Crippen LogP contribution in [0.1, 0.15) is 12.8 Å². The molecule has 2 aliphatic heterocycles. The number of hydrogen-bond donors (Lipinski definition) is 0. The molecule has 2 aliphatic rings. The topological polar surface area (TPSA) is 44.7 Å². The summed E-state index contributed by atoms with van der Waals surface area (Å²) in [6.45, 7) is 2.97. The van der Waals surface area contributed by atoms with Crippen LogP contribution in [0.4, 0.5) is 22.7 Å². The molecule has 2 aromatic heterocycles. The molecule has 0 spiro atoms. The number of pyridine rings is 2. The molecule has 0 N–H and O–H groups in total. The first-order chi connectivity index (χ1) is 16.7. The lowest BCUT2D eigenvalue weighted by Crippen LogP contribution is -2.24. The summed E-state index contributed by atoms with van der Waals surface area (Å²) in [7, 11) is 2.14. The highest BCUT2D eigenvalue weighted by Crippen LogP contribution is 2.42.